The summed E-state index contributed by atoms with van der Waals surface area (Å²) in [6, 6.07) is 8.17. The Morgan fingerprint density at radius 1 is 1.36 bits per heavy atom. The summed E-state index contributed by atoms with van der Waals surface area (Å²) in [5.74, 6) is 0.888. The molecule has 6 nitrogen and oxygen atoms in total. The molecule has 0 bridgehead atoms. The molecule has 2 rings (SSSR count). The SMILES string of the molecule is CN=C(NCc1cccc(COC)c1)N1CCS(=O)(=O)C(C)(C)C1.I. The van der Waals surface area contributed by atoms with Gasteiger partial charge in [0.1, 0.15) is 0 Å². The van der Waals surface area contributed by atoms with Gasteiger partial charge in [0, 0.05) is 33.8 Å². The third-order valence-corrected chi connectivity index (χ3v) is 6.84. The third-order valence-electron chi connectivity index (χ3n) is 4.31. The predicted molar refractivity (Wildman–Crippen MR) is 112 cm³/mol. The van der Waals surface area contributed by atoms with Gasteiger partial charge in [0.15, 0.2) is 15.8 Å². The number of guanidine groups is 1. The molecule has 1 aliphatic rings. The summed E-state index contributed by atoms with van der Waals surface area (Å²) in [5.41, 5.74) is 2.26. The summed E-state index contributed by atoms with van der Waals surface area (Å²) in [7, 11) is 0.348. The number of halogens is 1. The van der Waals surface area contributed by atoms with E-state index < -0.39 is 14.6 Å². The average molecular weight is 481 g/mol. The third kappa shape index (κ3) is 5.55. The monoisotopic (exact) mass is 481 g/mol. The number of rotatable bonds is 4. The molecule has 1 fully saturated rings. The molecule has 1 saturated heterocycles. The lowest BCUT2D eigenvalue weighted by atomic mass is 10.1. The number of hydrogen-bond donors (Lipinski definition) is 1. The first-order chi connectivity index (χ1) is 11.3. The summed E-state index contributed by atoms with van der Waals surface area (Å²) in [6.07, 6.45) is 0. The molecule has 1 aliphatic heterocycles. The van der Waals surface area contributed by atoms with E-state index in [0.29, 0.717) is 26.2 Å². The first kappa shape index (κ1) is 22.2. The Morgan fingerprint density at radius 2 is 2.04 bits per heavy atom. The molecule has 1 aromatic carbocycles. The van der Waals surface area contributed by atoms with Gasteiger partial charge in [0.05, 0.1) is 17.1 Å². The second-order valence-electron chi connectivity index (χ2n) is 6.65. The van der Waals surface area contributed by atoms with Gasteiger partial charge in [0.2, 0.25) is 0 Å². The van der Waals surface area contributed by atoms with Crippen molar-refractivity contribution in [2.45, 2.75) is 31.7 Å². The Kier molecular flexibility index (Phi) is 8.14. The number of ether oxygens (including phenoxy) is 1. The topological polar surface area (TPSA) is 71.0 Å². The van der Waals surface area contributed by atoms with Crippen molar-refractivity contribution < 1.29 is 13.2 Å². The van der Waals surface area contributed by atoms with Crippen molar-refractivity contribution in [3.8, 4) is 0 Å². The quantitative estimate of drug-likeness (QED) is 0.405. The number of nitrogens with one attached hydrogen (secondary N) is 1. The molecule has 1 heterocycles. The Labute approximate surface area is 168 Å². The van der Waals surface area contributed by atoms with Crippen molar-refractivity contribution in [3.63, 3.8) is 0 Å². The molecule has 1 N–H and O–H groups in total. The van der Waals surface area contributed by atoms with Gasteiger partial charge in [-0.25, -0.2) is 8.42 Å². The Bertz CT molecular complexity index is 705. The minimum atomic E-state index is -3.05. The van der Waals surface area contributed by atoms with Crippen LogP contribution in [0.1, 0.15) is 25.0 Å². The number of aliphatic imine (C=N–C) groups is 1. The van der Waals surface area contributed by atoms with Gasteiger partial charge in [-0.05, 0) is 25.0 Å². The highest BCUT2D eigenvalue weighted by molar-refractivity contribution is 14.0. The predicted octanol–water partition coefficient (Wildman–Crippen LogP) is 2.04. The molecule has 0 radical (unpaired) electrons. The number of hydrogen-bond acceptors (Lipinski definition) is 4. The Morgan fingerprint density at radius 3 is 2.64 bits per heavy atom. The van der Waals surface area contributed by atoms with Crippen molar-refractivity contribution >= 4 is 39.8 Å². The summed E-state index contributed by atoms with van der Waals surface area (Å²) in [4.78, 5) is 6.32. The van der Waals surface area contributed by atoms with E-state index in [2.05, 4.69) is 16.4 Å². The molecule has 0 aromatic heterocycles. The summed E-state index contributed by atoms with van der Waals surface area (Å²) in [5, 5.41) is 3.33. The second-order valence-corrected chi connectivity index (χ2v) is 9.40. The molecule has 0 aliphatic carbocycles. The maximum absolute atomic E-state index is 12.1. The number of sulfone groups is 1. The van der Waals surface area contributed by atoms with Crippen LogP contribution in [0.2, 0.25) is 0 Å². The van der Waals surface area contributed by atoms with E-state index in [4.69, 9.17) is 4.74 Å². The number of benzene rings is 1. The lowest BCUT2D eigenvalue weighted by Gasteiger charge is -2.39. The van der Waals surface area contributed by atoms with Gasteiger partial charge >= 0.3 is 0 Å². The molecule has 0 spiro atoms. The zero-order valence-electron chi connectivity index (χ0n) is 15.3. The lowest BCUT2D eigenvalue weighted by Crippen LogP contribution is -2.57. The van der Waals surface area contributed by atoms with E-state index >= 15 is 0 Å². The number of methoxy groups -OCH3 is 1. The first-order valence-electron chi connectivity index (χ1n) is 8.04. The van der Waals surface area contributed by atoms with E-state index in [1.54, 1.807) is 28.0 Å². The zero-order chi connectivity index (χ0) is 17.8. The van der Waals surface area contributed by atoms with Gasteiger partial charge in [-0.2, -0.15) is 0 Å². The van der Waals surface area contributed by atoms with E-state index in [9.17, 15) is 8.42 Å². The van der Waals surface area contributed by atoms with Gasteiger partial charge in [-0.3, -0.25) is 4.99 Å². The van der Waals surface area contributed by atoms with Crippen LogP contribution in [-0.4, -0.2) is 57.0 Å². The maximum Gasteiger partial charge on any atom is 0.193 e. The molecule has 0 amide bonds. The fourth-order valence-corrected chi connectivity index (χ4v) is 4.20. The highest BCUT2D eigenvalue weighted by atomic mass is 127. The molecule has 0 unspecified atom stereocenters. The van der Waals surface area contributed by atoms with Crippen molar-refractivity contribution in [3.05, 3.63) is 35.4 Å². The lowest BCUT2D eigenvalue weighted by molar-refractivity contribution is 0.185. The molecular formula is C17H28IN3O3S. The summed E-state index contributed by atoms with van der Waals surface area (Å²) in [6.45, 7) is 5.68. The molecule has 0 atom stereocenters. The highest BCUT2D eigenvalue weighted by Crippen LogP contribution is 2.23. The largest absolute Gasteiger partial charge is 0.380 e. The van der Waals surface area contributed by atoms with Crippen molar-refractivity contribution in [2.24, 2.45) is 4.99 Å². The van der Waals surface area contributed by atoms with Crippen LogP contribution in [-0.2, 0) is 27.7 Å². The van der Waals surface area contributed by atoms with Crippen LogP contribution in [0.15, 0.2) is 29.3 Å². The van der Waals surface area contributed by atoms with E-state index in [1.165, 1.54) is 0 Å². The van der Waals surface area contributed by atoms with Crippen molar-refractivity contribution in [2.75, 3.05) is 33.0 Å². The minimum absolute atomic E-state index is 0. The molecule has 1 aromatic rings. The molecule has 0 saturated carbocycles. The molecule has 8 heteroatoms. The first-order valence-corrected chi connectivity index (χ1v) is 9.69. The fourth-order valence-electron chi connectivity index (χ4n) is 2.83. The summed E-state index contributed by atoms with van der Waals surface area (Å²) < 4.78 is 28.7. The van der Waals surface area contributed by atoms with Crippen LogP contribution in [0.4, 0.5) is 0 Å². The van der Waals surface area contributed by atoms with Gasteiger partial charge in [0.25, 0.3) is 0 Å². The Hall–Kier alpha value is -0.870. The fraction of sp³-hybridized carbons (Fsp3) is 0.588. The van der Waals surface area contributed by atoms with Crippen LogP contribution in [0.3, 0.4) is 0 Å². The van der Waals surface area contributed by atoms with Crippen molar-refractivity contribution in [1.82, 2.24) is 10.2 Å². The summed E-state index contributed by atoms with van der Waals surface area (Å²) >= 11 is 0. The zero-order valence-corrected chi connectivity index (χ0v) is 18.4. The van der Waals surface area contributed by atoms with Gasteiger partial charge < -0.3 is 15.0 Å². The van der Waals surface area contributed by atoms with E-state index in [-0.39, 0.29) is 29.7 Å². The van der Waals surface area contributed by atoms with E-state index in [1.807, 2.05) is 23.1 Å². The van der Waals surface area contributed by atoms with Crippen LogP contribution in [0.25, 0.3) is 0 Å². The number of nitrogens with zero attached hydrogens (tertiary/aromatic N) is 2. The van der Waals surface area contributed by atoms with Crippen LogP contribution >= 0.6 is 24.0 Å². The normalized spacial score (nSPS) is 19.2. The molecule has 142 valence electrons. The Balaban J connectivity index is 0.00000312. The maximum atomic E-state index is 12.1. The van der Waals surface area contributed by atoms with E-state index in [0.717, 1.165) is 17.1 Å². The van der Waals surface area contributed by atoms with Crippen LogP contribution in [0, 0.1) is 0 Å². The van der Waals surface area contributed by atoms with Gasteiger partial charge in [-0.15, -0.1) is 24.0 Å². The van der Waals surface area contributed by atoms with Crippen molar-refractivity contribution in [1.29, 1.82) is 0 Å². The minimum Gasteiger partial charge on any atom is -0.380 e. The average Bonchev–Trinajstić information content (AvgIpc) is 2.52. The van der Waals surface area contributed by atoms with Crippen LogP contribution < -0.4 is 5.32 Å². The highest BCUT2D eigenvalue weighted by Gasteiger charge is 2.40. The van der Waals surface area contributed by atoms with Crippen LogP contribution in [0.5, 0.6) is 0 Å². The smallest absolute Gasteiger partial charge is 0.193 e. The molecular weight excluding hydrogens is 453 g/mol. The molecule has 25 heavy (non-hydrogen) atoms. The van der Waals surface area contributed by atoms with Gasteiger partial charge in [-0.1, -0.05) is 24.3 Å². The standard InChI is InChI=1S/C17H27N3O3S.HI/c1-17(2)13-20(8-9-24(17,21)22)16(18-3)19-11-14-6-5-7-15(10-14)12-23-4;/h5-7,10H,8-9,11-13H2,1-4H3,(H,18,19);1H. The second kappa shape index (κ2) is 9.18.